The minimum absolute atomic E-state index is 0.0949. The minimum Gasteiger partial charge on any atom is -0.371 e. The van der Waals surface area contributed by atoms with Gasteiger partial charge in [0, 0.05) is 24.8 Å². The van der Waals surface area contributed by atoms with Gasteiger partial charge < -0.3 is 10.6 Å². The van der Waals surface area contributed by atoms with Gasteiger partial charge in [0.25, 0.3) is 0 Å². The number of anilines is 1. The zero-order chi connectivity index (χ0) is 11.5. The minimum atomic E-state index is -0.449. The predicted molar refractivity (Wildman–Crippen MR) is 60.5 cm³/mol. The van der Waals surface area contributed by atoms with Crippen molar-refractivity contribution in [1.82, 2.24) is 0 Å². The molecule has 1 aromatic carbocycles. The smallest absolute Gasteiger partial charge is 0.143 e. The van der Waals surface area contributed by atoms with Crippen molar-refractivity contribution in [2.45, 2.75) is 18.9 Å². The van der Waals surface area contributed by atoms with Crippen molar-refractivity contribution < 1.29 is 4.39 Å². The molecule has 0 amide bonds. The standard InChI is InChI=1S/C12H14FN3/c13-12-7-11(2-1-9(12)8-14)16-5-3-10(15)4-6-16/h1-2,7,10H,3-6,15H2. The first-order chi connectivity index (χ1) is 7.70. The third kappa shape index (κ3) is 2.15. The number of nitrogens with zero attached hydrogens (tertiary/aromatic N) is 2. The predicted octanol–water partition coefficient (Wildman–Crippen LogP) is 1.62. The molecule has 1 aliphatic rings. The van der Waals surface area contributed by atoms with E-state index >= 15 is 0 Å². The molecular weight excluding hydrogens is 205 g/mol. The highest BCUT2D eigenvalue weighted by Gasteiger charge is 2.17. The lowest BCUT2D eigenvalue weighted by molar-refractivity contribution is 0.500. The van der Waals surface area contributed by atoms with E-state index < -0.39 is 5.82 Å². The number of piperidine rings is 1. The number of hydrogen-bond acceptors (Lipinski definition) is 3. The van der Waals surface area contributed by atoms with Crippen molar-refractivity contribution in [3.05, 3.63) is 29.6 Å². The van der Waals surface area contributed by atoms with Crippen molar-refractivity contribution in [3.63, 3.8) is 0 Å². The molecule has 84 valence electrons. The van der Waals surface area contributed by atoms with E-state index in [4.69, 9.17) is 11.0 Å². The van der Waals surface area contributed by atoms with Gasteiger partial charge >= 0.3 is 0 Å². The van der Waals surface area contributed by atoms with Crippen LogP contribution in [0.5, 0.6) is 0 Å². The van der Waals surface area contributed by atoms with Crippen LogP contribution in [0.1, 0.15) is 18.4 Å². The SMILES string of the molecule is N#Cc1ccc(N2CCC(N)CC2)cc1F. The van der Waals surface area contributed by atoms with Crippen LogP contribution in [0.25, 0.3) is 0 Å². The largest absolute Gasteiger partial charge is 0.371 e. The van der Waals surface area contributed by atoms with Gasteiger partial charge in [-0.15, -0.1) is 0 Å². The van der Waals surface area contributed by atoms with Crippen LogP contribution in [0.3, 0.4) is 0 Å². The molecule has 1 heterocycles. The summed E-state index contributed by atoms with van der Waals surface area (Å²) in [6.45, 7) is 1.71. The molecule has 0 spiro atoms. The van der Waals surface area contributed by atoms with Gasteiger partial charge in [0.2, 0.25) is 0 Å². The lowest BCUT2D eigenvalue weighted by atomic mass is 10.1. The lowest BCUT2D eigenvalue weighted by Gasteiger charge is -2.32. The number of benzene rings is 1. The molecule has 1 aromatic rings. The second kappa shape index (κ2) is 4.50. The Morgan fingerprint density at radius 2 is 2.06 bits per heavy atom. The summed E-state index contributed by atoms with van der Waals surface area (Å²) in [6.07, 6.45) is 1.86. The molecule has 1 saturated heterocycles. The van der Waals surface area contributed by atoms with E-state index in [0.717, 1.165) is 31.6 Å². The fourth-order valence-corrected chi connectivity index (χ4v) is 1.95. The average Bonchev–Trinajstić information content (AvgIpc) is 2.30. The molecule has 0 radical (unpaired) electrons. The first kappa shape index (κ1) is 10.9. The van der Waals surface area contributed by atoms with Crippen molar-refractivity contribution >= 4 is 5.69 Å². The van der Waals surface area contributed by atoms with Crippen molar-refractivity contribution in [3.8, 4) is 6.07 Å². The van der Waals surface area contributed by atoms with E-state index in [0.29, 0.717) is 0 Å². The zero-order valence-electron chi connectivity index (χ0n) is 8.99. The van der Waals surface area contributed by atoms with E-state index in [1.54, 1.807) is 6.07 Å². The molecule has 0 atom stereocenters. The van der Waals surface area contributed by atoms with Crippen LogP contribution in [-0.2, 0) is 0 Å². The highest BCUT2D eigenvalue weighted by molar-refractivity contribution is 5.50. The molecule has 0 aromatic heterocycles. The van der Waals surface area contributed by atoms with Crippen molar-refractivity contribution in [2.24, 2.45) is 5.73 Å². The third-order valence-corrected chi connectivity index (χ3v) is 2.98. The highest BCUT2D eigenvalue weighted by Crippen LogP contribution is 2.21. The molecule has 4 heteroatoms. The number of nitrogens with two attached hydrogens (primary N) is 1. The second-order valence-electron chi connectivity index (χ2n) is 4.10. The Balaban J connectivity index is 2.16. The maximum Gasteiger partial charge on any atom is 0.143 e. The van der Waals surface area contributed by atoms with Gasteiger partial charge in [-0.1, -0.05) is 0 Å². The Hall–Kier alpha value is -1.60. The van der Waals surface area contributed by atoms with E-state index in [1.165, 1.54) is 12.1 Å². The maximum atomic E-state index is 13.4. The Morgan fingerprint density at radius 3 is 2.62 bits per heavy atom. The summed E-state index contributed by atoms with van der Waals surface area (Å²) in [5, 5.41) is 8.63. The molecule has 0 saturated carbocycles. The third-order valence-electron chi connectivity index (χ3n) is 2.98. The van der Waals surface area contributed by atoms with Crippen LogP contribution in [0.15, 0.2) is 18.2 Å². The molecule has 3 nitrogen and oxygen atoms in total. The number of hydrogen-bond donors (Lipinski definition) is 1. The number of rotatable bonds is 1. The van der Waals surface area contributed by atoms with Gasteiger partial charge in [0.05, 0.1) is 5.56 Å². The summed E-state index contributed by atoms with van der Waals surface area (Å²) in [6, 6.07) is 6.83. The zero-order valence-corrected chi connectivity index (χ0v) is 8.99. The van der Waals surface area contributed by atoms with Crippen LogP contribution < -0.4 is 10.6 Å². The molecule has 1 fully saturated rings. The molecule has 1 aliphatic heterocycles. The van der Waals surface area contributed by atoms with Crippen LogP contribution in [0, 0.1) is 17.1 Å². The van der Waals surface area contributed by atoms with Crippen LogP contribution in [-0.4, -0.2) is 19.1 Å². The Kier molecular flexibility index (Phi) is 3.07. The normalized spacial score (nSPS) is 17.2. The number of nitriles is 1. The van der Waals surface area contributed by atoms with E-state index in [2.05, 4.69) is 4.90 Å². The van der Waals surface area contributed by atoms with Gasteiger partial charge in [-0.3, -0.25) is 0 Å². The van der Waals surface area contributed by atoms with Gasteiger partial charge in [0.15, 0.2) is 0 Å². The molecule has 16 heavy (non-hydrogen) atoms. The molecule has 0 bridgehead atoms. The summed E-state index contributed by atoms with van der Waals surface area (Å²) >= 11 is 0. The van der Waals surface area contributed by atoms with E-state index in [1.807, 2.05) is 6.07 Å². The van der Waals surface area contributed by atoms with Gasteiger partial charge in [-0.05, 0) is 31.0 Å². The van der Waals surface area contributed by atoms with Crippen LogP contribution >= 0.6 is 0 Å². The maximum absolute atomic E-state index is 13.4. The number of halogens is 1. The first-order valence-corrected chi connectivity index (χ1v) is 5.41. The van der Waals surface area contributed by atoms with E-state index in [-0.39, 0.29) is 11.6 Å². The van der Waals surface area contributed by atoms with Gasteiger partial charge in [0.1, 0.15) is 11.9 Å². The van der Waals surface area contributed by atoms with Gasteiger partial charge in [-0.25, -0.2) is 4.39 Å². The van der Waals surface area contributed by atoms with Gasteiger partial charge in [-0.2, -0.15) is 5.26 Å². The van der Waals surface area contributed by atoms with Crippen LogP contribution in [0.4, 0.5) is 10.1 Å². The molecule has 0 aliphatic carbocycles. The lowest BCUT2D eigenvalue weighted by Crippen LogP contribution is -2.39. The van der Waals surface area contributed by atoms with E-state index in [9.17, 15) is 4.39 Å². The summed E-state index contributed by atoms with van der Waals surface area (Å²) < 4.78 is 13.4. The monoisotopic (exact) mass is 219 g/mol. The first-order valence-electron chi connectivity index (χ1n) is 5.41. The summed E-state index contributed by atoms with van der Waals surface area (Å²) in [5.74, 6) is -0.449. The second-order valence-corrected chi connectivity index (χ2v) is 4.10. The summed E-state index contributed by atoms with van der Waals surface area (Å²) in [5.41, 5.74) is 6.74. The summed E-state index contributed by atoms with van der Waals surface area (Å²) in [4.78, 5) is 2.10. The Labute approximate surface area is 94.3 Å². The fraction of sp³-hybridized carbons (Fsp3) is 0.417. The fourth-order valence-electron chi connectivity index (χ4n) is 1.95. The Morgan fingerprint density at radius 1 is 1.38 bits per heavy atom. The van der Waals surface area contributed by atoms with Crippen molar-refractivity contribution in [2.75, 3.05) is 18.0 Å². The topological polar surface area (TPSA) is 53.0 Å². The summed E-state index contributed by atoms with van der Waals surface area (Å²) in [7, 11) is 0. The Bertz CT molecular complexity index is 417. The molecule has 2 rings (SSSR count). The quantitative estimate of drug-likeness (QED) is 0.781. The average molecular weight is 219 g/mol. The molecule has 0 unspecified atom stereocenters. The molecular formula is C12H14FN3. The van der Waals surface area contributed by atoms with Crippen molar-refractivity contribution in [1.29, 1.82) is 5.26 Å². The van der Waals surface area contributed by atoms with Crippen LogP contribution in [0.2, 0.25) is 0 Å². The molecule has 2 N–H and O–H groups in total. The highest BCUT2D eigenvalue weighted by atomic mass is 19.1.